The molecule has 0 saturated carbocycles. The van der Waals surface area contributed by atoms with E-state index < -0.39 is 0 Å². The van der Waals surface area contributed by atoms with E-state index in [4.69, 9.17) is 0 Å². The van der Waals surface area contributed by atoms with Crippen LogP contribution in [0.5, 0.6) is 0 Å². The summed E-state index contributed by atoms with van der Waals surface area (Å²) in [5, 5.41) is 0. The maximum atomic E-state index is 11.5. The minimum absolute atomic E-state index is 0.0475. The fraction of sp³-hybridized carbons (Fsp3) is 0.364. The largest absolute Gasteiger partial charge is 0.296 e. The predicted molar refractivity (Wildman–Crippen MR) is 59.9 cm³/mol. The van der Waals surface area contributed by atoms with Crippen molar-refractivity contribution in [2.45, 2.75) is 25.7 Å². The molecule has 0 radical (unpaired) electrons. The molecule has 0 aliphatic rings. The van der Waals surface area contributed by atoms with Gasteiger partial charge in [-0.2, -0.15) is 0 Å². The first-order chi connectivity index (χ1) is 6.50. The highest BCUT2D eigenvalue weighted by Gasteiger charge is 2.20. The second-order valence-corrected chi connectivity index (χ2v) is 4.98. The standard InChI is InChI=1S/C11H15NOS/c1-11(2,3)10(13)12-14-9-7-5-4-6-8-9/h4-8H,1-3H3,(H,12,13). The van der Waals surface area contributed by atoms with Crippen LogP contribution in [0.25, 0.3) is 0 Å². The number of hydrogen-bond acceptors (Lipinski definition) is 2. The van der Waals surface area contributed by atoms with E-state index >= 15 is 0 Å². The Hall–Kier alpha value is -0.960. The third kappa shape index (κ3) is 3.42. The molecular formula is C11H15NOS. The van der Waals surface area contributed by atoms with E-state index in [9.17, 15) is 4.79 Å². The molecule has 0 aliphatic carbocycles. The normalized spacial score (nSPS) is 11.1. The SMILES string of the molecule is CC(C)(C)C(=O)NSc1ccccc1. The van der Waals surface area contributed by atoms with E-state index in [1.807, 2.05) is 51.1 Å². The van der Waals surface area contributed by atoms with Crippen molar-refractivity contribution in [3.8, 4) is 0 Å². The van der Waals surface area contributed by atoms with Crippen molar-refractivity contribution in [2.75, 3.05) is 0 Å². The first-order valence-electron chi connectivity index (χ1n) is 4.52. The van der Waals surface area contributed by atoms with Crippen LogP contribution in [0.4, 0.5) is 0 Å². The van der Waals surface area contributed by atoms with Gasteiger partial charge < -0.3 is 0 Å². The lowest BCUT2D eigenvalue weighted by molar-refractivity contribution is -0.126. The molecule has 1 aromatic rings. The average Bonchev–Trinajstić information content (AvgIpc) is 2.14. The van der Waals surface area contributed by atoms with Crippen molar-refractivity contribution in [3.63, 3.8) is 0 Å². The average molecular weight is 209 g/mol. The van der Waals surface area contributed by atoms with E-state index in [2.05, 4.69) is 4.72 Å². The van der Waals surface area contributed by atoms with Crippen molar-refractivity contribution in [3.05, 3.63) is 30.3 Å². The van der Waals surface area contributed by atoms with Crippen LogP contribution in [0.15, 0.2) is 35.2 Å². The number of rotatable bonds is 2. The number of carbonyl (C=O) groups excluding carboxylic acids is 1. The Bertz CT molecular complexity index is 303. The third-order valence-electron chi connectivity index (χ3n) is 1.69. The van der Waals surface area contributed by atoms with Crippen LogP contribution in [-0.4, -0.2) is 5.91 Å². The topological polar surface area (TPSA) is 29.1 Å². The van der Waals surface area contributed by atoms with Gasteiger partial charge in [0.15, 0.2) is 0 Å². The van der Waals surface area contributed by atoms with E-state index in [1.54, 1.807) is 0 Å². The fourth-order valence-corrected chi connectivity index (χ4v) is 1.56. The smallest absolute Gasteiger partial charge is 0.235 e. The highest BCUT2D eigenvalue weighted by molar-refractivity contribution is 7.98. The second-order valence-electron chi connectivity index (χ2n) is 4.10. The first-order valence-corrected chi connectivity index (χ1v) is 5.34. The van der Waals surface area contributed by atoms with Gasteiger partial charge in [0.1, 0.15) is 0 Å². The molecule has 1 rings (SSSR count). The van der Waals surface area contributed by atoms with Crippen LogP contribution in [-0.2, 0) is 4.79 Å². The van der Waals surface area contributed by atoms with Gasteiger partial charge in [-0.05, 0) is 24.1 Å². The van der Waals surface area contributed by atoms with E-state index in [0.29, 0.717) is 0 Å². The van der Waals surface area contributed by atoms with E-state index in [1.165, 1.54) is 11.9 Å². The summed E-state index contributed by atoms with van der Waals surface area (Å²) in [7, 11) is 0. The fourth-order valence-electron chi connectivity index (χ4n) is 0.747. The molecule has 0 aromatic heterocycles. The summed E-state index contributed by atoms with van der Waals surface area (Å²) >= 11 is 1.36. The summed E-state index contributed by atoms with van der Waals surface area (Å²) in [6, 6.07) is 9.79. The molecule has 0 fully saturated rings. The Kier molecular flexibility index (Phi) is 3.58. The Labute approximate surface area is 89.2 Å². The second kappa shape index (κ2) is 4.51. The number of benzene rings is 1. The van der Waals surface area contributed by atoms with Crippen LogP contribution in [0.2, 0.25) is 0 Å². The molecule has 1 N–H and O–H groups in total. The summed E-state index contributed by atoms with van der Waals surface area (Å²) < 4.78 is 2.82. The van der Waals surface area contributed by atoms with Gasteiger partial charge in [0.25, 0.3) is 0 Å². The zero-order chi connectivity index (χ0) is 10.6. The molecule has 2 nitrogen and oxygen atoms in total. The number of hydrogen-bond donors (Lipinski definition) is 1. The Morgan fingerprint density at radius 1 is 1.21 bits per heavy atom. The lowest BCUT2D eigenvalue weighted by atomic mass is 9.96. The van der Waals surface area contributed by atoms with Gasteiger partial charge in [0.05, 0.1) is 0 Å². The molecule has 1 amide bonds. The number of carbonyl (C=O) groups is 1. The van der Waals surface area contributed by atoms with Gasteiger partial charge in [-0.3, -0.25) is 9.52 Å². The van der Waals surface area contributed by atoms with Gasteiger partial charge in [-0.15, -0.1) is 0 Å². The van der Waals surface area contributed by atoms with Crippen LogP contribution in [0, 0.1) is 5.41 Å². The molecule has 0 bridgehead atoms. The lowest BCUT2D eigenvalue weighted by Crippen LogP contribution is -2.30. The zero-order valence-electron chi connectivity index (χ0n) is 8.70. The molecule has 3 heteroatoms. The third-order valence-corrected chi connectivity index (χ3v) is 2.48. The summed E-state index contributed by atoms with van der Waals surface area (Å²) in [6.45, 7) is 5.69. The van der Waals surface area contributed by atoms with Crippen LogP contribution < -0.4 is 4.72 Å². The van der Waals surface area contributed by atoms with Crippen molar-refractivity contribution in [1.29, 1.82) is 0 Å². The van der Waals surface area contributed by atoms with Gasteiger partial charge >= 0.3 is 0 Å². The van der Waals surface area contributed by atoms with Gasteiger partial charge in [0.2, 0.25) is 5.91 Å². The Balaban J connectivity index is 2.46. The van der Waals surface area contributed by atoms with E-state index in [0.717, 1.165) is 4.90 Å². The monoisotopic (exact) mass is 209 g/mol. The summed E-state index contributed by atoms with van der Waals surface area (Å²) in [5.74, 6) is 0.0475. The molecule has 0 spiro atoms. The van der Waals surface area contributed by atoms with Gasteiger partial charge in [-0.25, -0.2) is 0 Å². The van der Waals surface area contributed by atoms with Gasteiger partial charge in [0, 0.05) is 10.3 Å². The van der Waals surface area contributed by atoms with Crippen molar-refractivity contribution in [2.24, 2.45) is 5.41 Å². The van der Waals surface area contributed by atoms with Crippen molar-refractivity contribution < 1.29 is 4.79 Å². The Morgan fingerprint density at radius 2 is 1.79 bits per heavy atom. The number of amides is 1. The first kappa shape index (κ1) is 11.1. The molecule has 1 aromatic carbocycles. The Morgan fingerprint density at radius 3 is 2.29 bits per heavy atom. The molecule has 0 heterocycles. The maximum absolute atomic E-state index is 11.5. The van der Waals surface area contributed by atoms with Crippen LogP contribution >= 0.6 is 11.9 Å². The predicted octanol–water partition coefficient (Wildman–Crippen LogP) is 2.86. The minimum Gasteiger partial charge on any atom is -0.296 e. The molecule has 0 atom stereocenters. The maximum Gasteiger partial charge on any atom is 0.235 e. The van der Waals surface area contributed by atoms with E-state index in [-0.39, 0.29) is 11.3 Å². The molecular weight excluding hydrogens is 194 g/mol. The molecule has 76 valence electrons. The lowest BCUT2D eigenvalue weighted by Gasteiger charge is -2.16. The molecule has 0 unspecified atom stereocenters. The number of nitrogens with one attached hydrogen (secondary N) is 1. The summed E-state index contributed by atoms with van der Waals surface area (Å²) in [5.41, 5.74) is -0.332. The highest BCUT2D eigenvalue weighted by Crippen LogP contribution is 2.18. The zero-order valence-corrected chi connectivity index (χ0v) is 9.52. The molecule has 0 aliphatic heterocycles. The minimum atomic E-state index is -0.332. The quantitative estimate of drug-likeness (QED) is 0.759. The van der Waals surface area contributed by atoms with Crippen LogP contribution in [0.1, 0.15) is 20.8 Å². The van der Waals surface area contributed by atoms with Crippen molar-refractivity contribution >= 4 is 17.9 Å². The van der Waals surface area contributed by atoms with Gasteiger partial charge in [-0.1, -0.05) is 39.0 Å². The van der Waals surface area contributed by atoms with Crippen LogP contribution in [0.3, 0.4) is 0 Å². The molecule has 14 heavy (non-hydrogen) atoms. The highest BCUT2D eigenvalue weighted by atomic mass is 32.2. The summed E-state index contributed by atoms with van der Waals surface area (Å²) in [4.78, 5) is 12.6. The summed E-state index contributed by atoms with van der Waals surface area (Å²) in [6.07, 6.45) is 0. The molecule has 0 saturated heterocycles. The van der Waals surface area contributed by atoms with Crippen molar-refractivity contribution in [1.82, 2.24) is 4.72 Å².